The number of carbonyl (C=O) groups is 2. The number of hydrazone groups is 1. The summed E-state index contributed by atoms with van der Waals surface area (Å²) < 4.78 is 11.3. The van der Waals surface area contributed by atoms with E-state index in [-0.39, 0.29) is 0 Å². The maximum Gasteiger partial charge on any atom is 0.329 e. The maximum atomic E-state index is 12.2. The number of nitrogens with one attached hydrogen (secondary N) is 2. The smallest absolute Gasteiger partial charge is 0.329 e. The van der Waals surface area contributed by atoms with Gasteiger partial charge in [-0.3, -0.25) is 9.59 Å². The fraction of sp³-hybridized carbons (Fsp3) is 0.192. The molecule has 0 aliphatic carbocycles. The standard InChI is InChI=1S/C26H26ClN3O4/c1-4-19-7-5-6-8-22(19)28-25(31)26(32)30-29-17(2)20-11-14-23(24(15-20)33-3)34-16-18-9-12-21(27)13-10-18/h5-15H,4,16H2,1-3H3,(H,28,31)(H,30,32)/b29-17+. The highest BCUT2D eigenvalue weighted by Gasteiger charge is 2.15. The van der Waals surface area contributed by atoms with Gasteiger partial charge in [0.05, 0.1) is 12.8 Å². The van der Waals surface area contributed by atoms with Crippen LogP contribution in [0.15, 0.2) is 71.8 Å². The predicted molar refractivity (Wildman–Crippen MR) is 134 cm³/mol. The van der Waals surface area contributed by atoms with Gasteiger partial charge in [-0.25, -0.2) is 5.43 Å². The van der Waals surface area contributed by atoms with Crippen molar-refractivity contribution in [2.24, 2.45) is 5.10 Å². The minimum Gasteiger partial charge on any atom is -0.493 e. The molecule has 176 valence electrons. The number of nitrogens with zero attached hydrogens (tertiary/aromatic N) is 1. The molecule has 34 heavy (non-hydrogen) atoms. The lowest BCUT2D eigenvalue weighted by Crippen LogP contribution is -2.33. The molecule has 0 aliphatic rings. The molecule has 7 nitrogen and oxygen atoms in total. The summed E-state index contributed by atoms with van der Waals surface area (Å²) in [7, 11) is 1.54. The van der Waals surface area contributed by atoms with Crippen molar-refractivity contribution in [3.8, 4) is 11.5 Å². The van der Waals surface area contributed by atoms with E-state index in [9.17, 15) is 9.59 Å². The Balaban J connectivity index is 1.63. The number of ether oxygens (including phenoxy) is 2. The molecule has 0 bridgehead atoms. The number of hydrogen-bond donors (Lipinski definition) is 2. The van der Waals surface area contributed by atoms with Crippen molar-refractivity contribution >= 4 is 34.8 Å². The Labute approximate surface area is 203 Å². The topological polar surface area (TPSA) is 89.0 Å². The fourth-order valence-corrected chi connectivity index (χ4v) is 3.26. The third-order valence-electron chi connectivity index (χ3n) is 5.07. The number of methoxy groups -OCH3 is 1. The third-order valence-corrected chi connectivity index (χ3v) is 5.32. The monoisotopic (exact) mass is 479 g/mol. The summed E-state index contributed by atoms with van der Waals surface area (Å²) in [6, 6.07) is 20.0. The first-order chi connectivity index (χ1) is 16.4. The quantitative estimate of drug-likeness (QED) is 0.271. The molecule has 0 saturated heterocycles. The molecular weight excluding hydrogens is 454 g/mol. The molecule has 0 saturated carbocycles. The van der Waals surface area contributed by atoms with Gasteiger partial charge in [-0.2, -0.15) is 5.10 Å². The SMILES string of the molecule is CCc1ccccc1NC(=O)C(=O)N/N=C(\C)c1ccc(OCc2ccc(Cl)cc2)c(OC)c1. The Morgan fingerprint density at radius 1 is 0.971 bits per heavy atom. The van der Waals surface area contributed by atoms with Crippen LogP contribution in [0.1, 0.15) is 30.5 Å². The molecule has 0 atom stereocenters. The maximum absolute atomic E-state index is 12.2. The van der Waals surface area contributed by atoms with Crippen molar-refractivity contribution in [2.75, 3.05) is 12.4 Å². The van der Waals surface area contributed by atoms with E-state index < -0.39 is 11.8 Å². The number of rotatable bonds is 8. The largest absolute Gasteiger partial charge is 0.493 e. The molecular formula is C26H26ClN3O4. The van der Waals surface area contributed by atoms with E-state index in [2.05, 4.69) is 15.8 Å². The van der Waals surface area contributed by atoms with Crippen LogP contribution in [-0.2, 0) is 22.6 Å². The first kappa shape index (κ1) is 24.8. The van der Waals surface area contributed by atoms with Crippen LogP contribution in [-0.4, -0.2) is 24.6 Å². The number of carbonyl (C=O) groups excluding carboxylic acids is 2. The summed E-state index contributed by atoms with van der Waals surface area (Å²) in [5.74, 6) is -0.575. The Bertz CT molecular complexity index is 1190. The van der Waals surface area contributed by atoms with Crippen molar-refractivity contribution in [2.45, 2.75) is 26.9 Å². The van der Waals surface area contributed by atoms with Gasteiger partial charge in [-0.05, 0) is 60.9 Å². The van der Waals surface area contributed by atoms with E-state index in [1.54, 1.807) is 56.5 Å². The number of hydrogen-bond acceptors (Lipinski definition) is 5. The lowest BCUT2D eigenvalue weighted by molar-refractivity contribution is -0.136. The lowest BCUT2D eigenvalue weighted by Gasteiger charge is -2.12. The average Bonchev–Trinajstić information content (AvgIpc) is 2.86. The van der Waals surface area contributed by atoms with Crippen LogP contribution in [0.2, 0.25) is 5.02 Å². The zero-order valence-electron chi connectivity index (χ0n) is 19.2. The number of anilines is 1. The van der Waals surface area contributed by atoms with Gasteiger partial charge in [0.15, 0.2) is 11.5 Å². The summed E-state index contributed by atoms with van der Waals surface area (Å²) >= 11 is 5.91. The van der Waals surface area contributed by atoms with Crippen LogP contribution in [0.5, 0.6) is 11.5 Å². The number of amides is 2. The summed E-state index contributed by atoms with van der Waals surface area (Å²) in [6.07, 6.45) is 0.733. The molecule has 2 N–H and O–H groups in total. The minimum absolute atomic E-state index is 0.353. The van der Waals surface area contributed by atoms with Gasteiger partial charge in [-0.1, -0.05) is 48.9 Å². The minimum atomic E-state index is -0.861. The molecule has 3 aromatic carbocycles. The van der Waals surface area contributed by atoms with Gasteiger partial charge < -0.3 is 14.8 Å². The number of benzene rings is 3. The van der Waals surface area contributed by atoms with Crippen molar-refractivity contribution in [1.82, 2.24) is 5.43 Å². The summed E-state index contributed by atoms with van der Waals surface area (Å²) in [6.45, 7) is 4.04. The molecule has 0 unspecified atom stereocenters. The van der Waals surface area contributed by atoms with E-state index in [1.165, 1.54) is 0 Å². The highest BCUT2D eigenvalue weighted by molar-refractivity contribution is 6.39. The third kappa shape index (κ3) is 6.59. The van der Waals surface area contributed by atoms with Crippen LogP contribution in [0.25, 0.3) is 0 Å². The zero-order chi connectivity index (χ0) is 24.5. The van der Waals surface area contributed by atoms with Crippen LogP contribution >= 0.6 is 11.6 Å². The second-order valence-corrected chi connectivity index (χ2v) is 7.82. The van der Waals surface area contributed by atoms with E-state index >= 15 is 0 Å². The van der Waals surface area contributed by atoms with Crippen LogP contribution in [0, 0.1) is 0 Å². The van der Waals surface area contributed by atoms with Gasteiger partial charge in [0.25, 0.3) is 0 Å². The molecule has 0 fully saturated rings. The Kier molecular flexibility index (Phi) is 8.65. The Morgan fingerprint density at radius 3 is 2.41 bits per heavy atom. The van der Waals surface area contributed by atoms with Crippen molar-refractivity contribution < 1.29 is 19.1 Å². The number of aryl methyl sites for hydroxylation is 1. The first-order valence-electron chi connectivity index (χ1n) is 10.7. The highest BCUT2D eigenvalue weighted by Crippen LogP contribution is 2.29. The summed E-state index contributed by atoms with van der Waals surface area (Å²) in [5.41, 5.74) is 6.00. The van der Waals surface area contributed by atoms with Crippen LogP contribution < -0.4 is 20.2 Å². The van der Waals surface area contributed by atoms with Crippen molar-refractivity contribution in [3.05, 3.63) is 88.4 Å². The molecule has 2 amide bonds. The molecule has 3 aromatic rings. The molecule has 0 radical (unpaired) electrons. The molecule has 0 aromatic heterocycles. The zero-order valence-corrected chi connectivity index (χ0v) is 20.0. The van der Waals surface area contributed by atoms with E-state index in [1.807, 2.05) is 31.2 Å². The van der Waals surface area contributed by atoms with Crippen molar-refractivity contribution in [3.63, 3.8) is 0 Å². The fourth-order valence-electron chi connectivity index (χ4n) is 3.13. The highest BCUT2D eigenvalue weighted by atomic mass is 35.5. The van der Waals surface area contributed by atoms with Gasteiger partial charge in [0.1, 0.15) is 6.61 Å². The number of halogens is 1. The molecule has 8 heteroatoms. The summed E-state index contributed by atoms with van der Waals surface area (Å²) in [5, 5.41) is 7.33. The first-order valence-corrected chi connectivity index (χ1v) is 11.1. The second kappa shape index (κ2) is 11.9. The van der Waals surface area contributed by atoms with Gasteiger partial charge in [-0.15, -0.1) is 0 Å². The molecule has 3 rings (SSSR count). The molecule has 0 aliphatic heterocycles. The van der Waals surface area contributed by atoms with Gasteiger partial charge in [0.2, 0.25) is 0 Å². The molecule has 0 spiro atoms. The van der Waals surface area contributed by atoms with Gasteiger partial charge >= 0.3 is 11.8 Å². The lowest BCUT2D eigenvalue weighted by atomic mass is 10.1. The Morgan fingerprint density at radius 2 is 1.71 bits per heavy atom. The normalized spacial score (nSPS) is 11.0. The van der Waals surface area contributed by atoms with E-state index in [0.717, 1.165) is 17.5 Å². The second-order valence-electron chi connectivity index (χ2n) is 7.38. The average molecular weight is 480 g/mol. The van der Waals surface area contributed by atoms with E-state index in [4.69, 9.17) is 21.1 Å². The number of para-hydroxylation sites is 1. The van der Waals surface area contributed by atoms with Crippen LogP contribution in [0.4, 0.5) is 5.69 Å². The summed E-state index contributed by atoms with van der Waals surface area (Å²) in [4.78, 5) is 24.5. The predicted octanol–water partition coefficient (Wildman–Crippen LogP) is 4.97. The van der Waals surface area contributed by atoms with Gasteiger partial charge in [0, 0.05) is 16.3 Å². The van der Waals surface area contributed by atoms with Crippen LogP contribution in [0.3, 0.4) is 0 Å². The Hall–Kier alpha value is -3.84. The van der Waals surface area contributed by atoms with Crippen molar-refractivity contribution in [1.29, 1.82) is 0 Å². The molecule has 0 heterocycles. The van der Waals surface area contributed by atoms with E-state index in [0.29, 0.717) is 40.1 Å².